The summed E-state index contributed by atoms with van der Waals surface area (Å²) in [4.78, 5) is 14.9. The van der Waals surface area contributed by atoms with Crippen molar-refractivity contribution >= 4 is 27.5 Å². The molecule has 2 heterocycles. The van der Waals surface area contributed by atoms with Crippen LogP contribution in [0, 0.1) is 0 Å². The average Bonchev–Trinajstić information content (AvgIpc) is 2.52. The van der Waals surface area contributed by atoms with Gasteiger partial charge < -0.3 is 5.73 Å². The van der Waals surface area contributed by atoms with Gasteiger partial charge in [0.15, 0.2) is 5.65 Å². The molecule has 2 aromatic rings. The maximum atomic E-state index is 10.9. The number of nitrogens with two attached hydrogens (primary N) is 1. The summed E-state index contributed by atoms with van der Waals surface area (Å²) >= 11 is 3.24. The van der Waals surface area contributed by atoms with Crippen LogP contribution in [0.15, 0.2) is 23.1 Å². The molecule has 0 atom stereocenters. The Morgan fingerprint density at radius 2 is 2.38 bits per heavy atom. The van der Waals surface area contributed by atoms with Gasteiger partial charge >= 0.3 is 0 Å². The first-order valence-electron chi connectivity index (χ1n) is 3.48. The van der Waals surface area contributed by atoms with Crippen LogP contribution < -0.4 is 5.73 Å². The van der Waals surface area contributed by atoms with Crippen molar-refractivity contribution in [3.8, 4) is 0 Å². The van der Waals surface area contributed by atoms with Crippen LogP contribution in [0.1, 0.15) is 10.4 Å². The van der Waals surface area contributed by atoms with Gasteiger partial charge in [-0.1, -0.05) is 0 Å². The monoisotopic (exact) mass is 240 g/mol. The Bertz CT molecular complexity index is 478. The molecule has 0 spiro atoms. The molecule has 0 saturated carbocycles. The number of fused-ring (bicyclic) bond motifs is 1. The second kappa shape index (κ2) is 2.81. The number of primary amides is 1. The highest BCUT2D eigenvalue weighted by atomic mass is 79.9. The highest BCUT2D eigenvalue weighted by molar-refractivity contribution is 9.10. The first-order valence-corrected chi connectivity index (χ1v) is 4.27. The fraction of sp³-hybridized carbons (Fsp3) is 0. The van der Waals surface area contributed by atoms with E-state index in [4.69, 9.17) is 5.73 Å². The zero-order valence-electron chi connectivity index (χ0n) is 6.44. The Morgan fingerprint density at radius 1 is 1.62 bits per heavy atom. The lowest BCUT2D eigenvalue weighted by molar-refractivity contribution is 0.0999. The molecule has 2 aromatic heterocycles. The molecule has 1 amide bonds. The van der Waals surface area contributed by atoms with E-state index < -0.39 is 5.91 Å². The van der Waals surface area contributed by atoms with E-state index in [1.54, 1.807) is 16.8 Å². The molecule has 0 unspecified atom stereocenters. The summed E-state index contributed by atoms with van der Waals surface area (Å²) in [5.74, 6) is -0.489. The number of hydrogen-bond acceptors (Lipinski definition) is 3. The molecule has 2 rings (SSSR count). The van der Waals surface area contributed by atoms with Gasteiger partial charge in [-0.15, -0.1) is 0 Å². The lowest BCUT2D eigenvalue weighted by atomic mass is 10.2. The maximum Gasteiger partial charge on any atom is 0.250 e. The van der Waals surface area contributed by atoms with Crippen molar-refractivity contribution in [1.29, 1.82) is 0 Å². The average molecular weight is 241 g/mol. The molecule has 0 aromatic carbocycles. The fourth-order valence-corrected chi connectivity index (χ4v) is 1.66. The molecule has 0 saturated heterocycles. The van der Waals surface area contributed by atoms with E-state index in [1.807, 2.05) is 0 Å². The molecule has 5 nitrogen and oxygen atoms in total. The van der Waals surface area contributed by atoms with Gasteiger partial charge in [-0.2, -0.15) is 5.10 Å². The summed E-state index contributed by atoms with van der Waals surface area (Å²) in [5, 5.41) is 3.90. The normalized spacial score (nSPS) is 10.5. The Balaban J connectivity index is 2.80. The van der Waals surface area contributed by atoms with Crippen LogP contribution in [0.3, 0.4) is 0 Å². The molecule has 13 heavy (non-hydrogen) atoms. The van der Waals surface area contributed by atoms with E-state index in [2.05, 4.69) is 26.0 Å². The molecule has 0 aliphatic carbocycles. The van der Waals surface area contributed by atoms with Crippen LogP contribution >= 0.6 is 15.9 Å². The Kier molecular flexibility index (Phi) is 1.77. The molecule has 0 fully saturated rings. The van der Waals surface area contributed by atoms with Crippen LogP contribution in [-0.2, 0) is 0 Å². The molecule has 0 radical (unpaired) electrons. The number of carbonyl (C=O) groups excluding carboxylic acids is 1. The summed E-state index contributed by atoms with van der Waals surface area (Å²) < 4.78 is 2.12. The summed E-state index contributed by atoms with van der Waals surface area (Å²) in [6, 6.07) is 1.59. The van der Waals surface area contributed by atoms with Crippen molar-refractivity contribution in [3.05, 3.63) is 28.6 Å². The van der Waals surface area contributed by atoms with E-state index >= 15 is 0 Å². The quantitative estimate of drug-likeness (QED) is 0.793. The van der Waals surface area contributed by atoms with Crippen LogP contribution in [-0.4, -0.2) is 20.5 Å². The Hall–Kier alpha value is -1.43. The van der Waals surface area contributed by atoms with E-state index in [0.717, 1.165) is 0 Å². The minimum atomic E-state index is -0.489. The lowest BCUT2D eigenvalue weighted by Gasteiger charge is -1.99. The van der Waals surface area contributed by atoms with Gasteiger partial charge in [-0.3, -0.25) is 4.79 Å². The number of carbonyl (C=O) groups is 1. The number of hydrogen-bond donors (Lipinski definition) is 1. The van der Waals surface area contributed by atoms with Crippen LogP contribution in [0.25, 0.3) is 5.65 Å². The van der Waals surface area contributed by atoms with Gasteiger partial charge in [0.2, 0.25) is 5.91 Å². The second-order valence-corrected chi connectivity index (χ2v) is 3.23. The highest BCUT2D eigenvalue weighted by Gasteiger charge is 2.10. The topological polar surface area (TPSA) is 73.3 Å². The Morgan fingerprint density at radius 3 is 3.08 bits per heavy atom. The molecule has 0 aliphatic rings. The molecular formula is C7H5BrN4O. The number of aromatic nitrogens is 3. The van der Waals surface area contributed by atoms with Crippen LogP contribution in [0.4, 0.5) is 0 Å². The standard InChI is InChI=1S/C7H5BrN4O/c8-5-4(6(9)13)1-2-12-7(5)10-3-11-12/h1-3H,(H2,9,13). The summed E-state index contributed by atoms with van der Waals surface area (Å²) in [7, 11) is 0. The van der Waals surface area contributed by atoms with Crippen molar-refractivity contribution in [2.75, 3.05) is 0 Å². The maximum absolute atomic E-state index is 10.9. The highest BCUT2D eigenvalue weighted by Crippen LogP contribution is 2.19. The SMILES string of the molecule is NC(=O)c1ccn2ncnc2c1Br. The number of halogens is 1. The van der Waals surface area contributed by atoms with Gasteiger partial charge in [-0.05, 0) is 22.0 Å². The van der Waals surface area contributed by atoms with Crippen molar-refractivity contribution in [2.45, 2.75) is 0 Å². The summed E-state index contributed by atoms with van der Waals surface area (Å²) in [6.07, 6.45) is 3.04. The predicted molar refractivity (Wildman–Crippen MR) is 49.2 cm³/mol. The second-order valence-electron chi connectivity index (χ2n) is 2.44. The van der Waals surface area contributed by atoms with Crippen molar-refractivity contribution < 1.29 is 4.79 Å². The molecule has 66 valence electrons. The number of amides is 1. The number of nitrogens with zero attached hydrogens (tertiary/aromatic N) is 3. The molecule has 0 bridgehead atoms. The van der Waals surface area contributed by atoms with E-state index in [0.29, 0.717) is 15.7 Å². The first-order chi connectivity index (χ1) is 6.20. The molecule has 2 N–H and O–H groups in total. The van der Waals surface area contributed by atoms with Gasteiger partial charge in [0.1, 0.15) is 6.33 Å². The number of rotatable bonds is 1. The van der Waals surface area contributed by atoms with Crippen LogP contribution in [0.2, 0.25) is 0 Å². The fourth-order valence-electron chi connectivity index (χ4n) is 1.05. The van der Waals surface area contributed by atoms with E-state index in [9.17, 15) is 4.79 Å². The molecule has 0 aliphatic heterocycles. The van der Waals surface area contributed by atoms with Crippen molar-refractivity contribution in [2.24, 2.45) is 5.73 Å². The van der Waals surface area contributed by atoms with E-state index in [1.165, 1.54) is 6.33 Å². The summed E-state index contributed by atoms with van der Waals surface area (Å²) in [6.45, 7) is 0. The third-order valence-electron chi connectivity index (χ3n) is 1.65. The van der Waals surface area contributed by atoms with Gasteiger partial charge in [-0.25, -0.2) is 9.50 Å². The predicted octanol–water partition coefficient (Wildman–Crippen LogP) is 0.591. The van der Waals surface area contributed by atoms with Gasteiger partial charge in [0, 0.05) is 6.20 Å². The molecule has 6 heteroatoms. The van der Waals surface area contributed by atoms with Gasteiger partial charge in [0.05, 0.1) is 10.0 Å². The zero-order chi connectivity index (χ0) is 9.42. The third kappa shape index (κ3) is 1.19. The Labute approximate surface area is 81.7 Å². The first kappa shape index (κ1) is 8.18. The van der Waals surface area contributed by atoms with Gasteiger partial charge in [0.25, 0.3) is 0 Å². The minimum Gasteiger partial charge on any atom is -0.366 e. The minimum absolute atomic E-state index is 0.403. The smallest absolute Gasteiger partial charge is 0.250 e. The zero-order valence-corrected chi connectivity index (χ0v) is 8.02. The third-order valence-corrected chi connectivity index (χ3v) is 2.44. The van der Waals surface area contributed by atoms with E-state index in [-0.39, 0.29) is 0 Å². The molecular weight excluding hydrogens is 236 g/mol. The van der Waals surface area contributed by atoms with Crippen molar-refractivity contribution in [1.82, 2.24) is 14.6 Å². The van der Waals surface area contributed by atoms with Crippen LogP contribution in [0.5, 0.6) is 0 Å². The summed E-state index contributed by atoms with van der Waals surface area (Å²) in [5.41, 5.74) is 6.13. The number of pyridine rings is 1. The largest absolute Gasteiger partial charge is 0.366 e. The van der Waals surface area contributed by atoms with Crippen molar-refractivity contribution in [3.63, 3.8) is 0 Å². The lowest BCUT2D eigenvalue weighted by Crippen LogP contribution is -2.12.